The third kappa shape index (κ3) is 3.57. The Balaban J connectivity index is 3.05. The van der Waals surface area contributed by atoms with Gasteiger partial charge in [-0.05, 0) is 45.0 Å². The van der Waals surface area contributed by atoms with Gasteiger partial charge in [-0.2, -0.15) is 0 Å². The second-order valence-corrected chi connectivity index (χ2v) is 5.76. The lowest BCUT2D eigenvalue weighted by molar-refractivity contribution is -0.125. The number of primary amides is 1. The first kappa shape index (κ1) is 15.7. The first-order valence-corrected chi connectivity index (χ1v) is 6.91. The predicted octanol–water partition coefficient (Wildman–Crippen LogP) is 2.41. The molecule has 1 amide bonds. The van der Waals surface area contributed by atoms with Crippen LogP contribution in [0.4, 0.5) is 0 Å². The molecule has 0 heterocycles. The van der Waals surface area contributed by atoms with Crippen LogP contribution in [-0.2, 0) is 10.2 Å². The molecule has 1 atom stereocenters. The van der Waals surface area contributed by atoms with Gasteiger partial charge in [0, 0.05) is 0 Å². The molecule has 0 fully saturated rings. The van der Waals surface area contributed by atoms with Crippen molar-refractivity contribution in [1.82, 2.24) is 4.90 Å². The summed E-state index contributed by atoms with van der Waals surface area (Å²) in [5.74, 6) is -0.0259. The standard InChI is InChI=1S/C16H26N2O/c1-13(2)16(15(17)19,11-8-12-18(3)4)14-9-6-5-7-10-14/h5-7,9-10,13H,8,11-12H2,1-4H3,(H2,17,19). The van der Waals surface area contributed by atoms with E-state index in [0.717, 1.165) is 24.9 Å². The van der Waals surface area contributed by atoms with Gasteiger partial charge in [-0.15, -0.1) is 0 Å². The monoisotopic (exact) mass is 262 g/mol. The van der Waals surface area contributed by atoms with Crippen molar-refractivity contribution in [3.8, 4) is 0 Å². The summed E-state index contributed by atoms with van der Waals surface area (Å²) in [6, 6.07) is 9.94. The largest absolute Gasteiger partial charge is 0.369 e. The van der Waals surface area contributed by atoms with E-state index in [4.69, 9.17) is 5.73 Å². The highest BCUT2D eigenvalue weighted by Gasteiger charge is 2.40. The van der Waals surface area contributed by atoms with Gasteiger partial charge in [0.2, 0.25) is 5.91 Å². The second-order valence-electron chi connectivity index (χ2n) is 5.76. The number of rotatable bonds is 7. The van der Waals surface area contributed by atoms with E-state index in [9.17, 15) is 4.79 Å². The lowest BCUT2D eigenvalue weighted by Crippen LogP contribution is -2.46. The molecule has 2 N–H and O–H groups in total. The maximum atomic E-state index is 12.1. The fourth-order valence-corrected chi connectivity index (χ4v) is 2.73. The summed E-state index contributed by atoms with van der Waals surface area (Å²) in [6.07, 6.45) is 1.76. The van der Waals surface area contributed by atoms with E-state index in [-0.39, 0.29) is 11.8 Å². The highest BCUT2D eigenvalue weighted by molar-refractivity contribution is 5.87. The quantitative estimate of drug-likeness (QED) is 0.820. The summed E-state index contributed by atoms with van der Waals surface area (Å²) in [6.45, 7) is 5.12. The fraction of sp³-hybridized carbons (Fsp3) is 0.562. The highest BCUT2D eigenvalue weighted by Crippen LogP contribution is 2.36. The Bertz CT molecular complexity index is 400. The SMILES string of the molecule is CC(C)C(CCCN(C)C)(C(N)=O)c1ccccc1. The minimum Gasteiger partial charge on any atom is -0.369 e. The van der Waals surface area contributed by atoms with Crippen LogP contribution in [0.25, 0.3) is 0 Å². The lowest BCUT2D eigenvalue weighted by Gasteiger charge is -2.35. The minimum absolute atomic E-state index is 0.189. The molecule has 0 saturated heterocycles. The molecule has 0 radical (unpaired) electrons. The van der Waals surface area contributed by atoms with E-state index in [1.165, 1.54) is 0 Å². The maximum Gasteiger partial charge on any atom is 0.228 e. The van der Waals surface area contributed by atoms with Crippen LogP contribution in [0.5, 0.6) is 0 Å². The molecular formula is C16H26N2O. The van der Waals surface area contributed by atoms with Gasteiger partial charge in [0.15, 0.2) is 0 Å². The zero-order valence-electron chi connectivity index (χ0n) is 12.5. The van der Waals surface area contributed by atoms with Crippen LogP contribution in [0.3, 0.4) is 0 Å². The van der Waals surface area contributed by atoms with Crippen molar-refractivity contribution in [2.45, 2.75) is 32.1 Å². The van der Waals surface area contributed by atoms with Gasteiger partial charge in [0.1, 0.15) is 0 Å². The normalized spacial score (nSPS) is 14.6. The van der Waals surface area contributed by atoms with Gasteiger partial charge < -0.3 is 10.6 Å². The molecule has 1 rings (SSSR count). The highest BCUT2D eigenvalue weighted by atomic mass is 16.1. The molecule has 3 nitrogen and oxygen atoms in total. The molecule has 19 heavy (non-hydrogen) atoms. The van der Waals surface area contributed by atoms with Gasteiger partial charge in [0.25, 0.3) is 0 Å². The molecule has 0 aliphatic carbocycles. The minimum atomic E-state index is -0.558. The first-order valence-electron chi connectivity index (χ1n) is 6.91. The molecule has 0 aliphatic rings. The summed E-state index contributed by atoms with van der Waals surface area (Å²) in [5, 5.41) is 0. The van der Waals surface area contributed by atoms with Crippen molar-refractivity contribution in [1.29, 1.82) is 0 Å². The summed E-state index contributed by atoms with van der Waals surface area (Å²) in [7, 11) is 4.09. The van der Waals surface area contributed by atoms with Crippen LogP contribution in [0, 0.1) is 5.92 Å². The predicted molar refractivity (Wildman–Crippen MR) is 79.9 cm³/mol. The second kappa shape index (κ2) is 6.71. The van der Waals surface area contributed by atoms with Crippen molar-refractivity contribution in [3.63, 3.8) is 0 Å². The van der Waals surface area contributed by atoms with Crippen LogP contribution in [-0.4, -0.2) is 31.4 Å². The summed E-state index contributed by atoms with van der Waals surface area (Å²) in [5.41, 5.74) is 6.25. The Hall–Kier alpha value is -1.35. The van der Waals surface area contributed by atoms with Crippen LogP contribution in [0.1, 0.15) is 32.3 Å². The van der Waals surface area contributed by atoms with Gasteiger partial charge in [-0.25, -0.2) is 0 Å². The Labute approximate surface area is 116 Å². The number of carbonyl (C=O) groups excluding carboxylic acids is 1. The van der Waals surface area contributed by atoms with E-state index in [1.807, 2.05) is 44.4 Å². The number of hydrogen-bond acceptors (Lipinski definition) is 2. The number of benzene rings is 1. The fourth-order valence-electron chi connectivity index (χ4n) is 2.73. The number of amides is 1. The first-order chi connectivity index (χ1) is 8.91. The summed E-state index contributed by atoms with van der Waals surface area (Å²) < 4.78 is 0. The van der Waals surface area contributed by atoms with E-state index in [0.29, 0.717) is 0 Å². The van der Waals surface area contributed by atoms with Crippen molar-refractivity contribution < 1.29 is 4.79 Å². The molecule has 0 saturated carbocycles. The molecule has 1 aromatic rings. The average Bonchev–Trinajstić information content (AvgIpc) is 2.34. The van der Waals surface area contributed by atoms with E-state index in [1.54, 1.807) is 0 Å². The zero-order valence-corrected chi connectivity index (χ0v) is 12.5. The molecular weight excluding hydrogens is 236 g/mol. The smallest absolute Gasteiger partial charge is 0.228 e. The lowest BCUT2D eigenvalue weighted by atomic mass is 9.68. The van der Waals surface area contributed by atoms with E-state index < -0.39 is 5.41 Å². The topological polar surface area (TPSA) is 46.3 Å². The number of nitrogens with two attached hydrogens (primary N) is 1. The Morgan fingerprint density at radius 1 is 1.26 bits per heavy atom. The van der Waals surface area contributed by atoms with E-state index in [2.05, 4.69) is 18.7 Å². The Kier molecular flexibility index (Phi) is 5.55. The number of carbonyl (C=O) groups is 1. The zero-order chi connectivity index (χ0) is 14.5. The van der Waals surface area contributed by atoms with Crippen LogP contribution < -0.4 is 5.73 Å². The molecule has 0 aliphatic heterocycles. The molecule has 0 spiro atoms. The molecule has 1 aromatic carbocycles. The summed E-state index contributed by atoms with van der Waals surface area (Å²) in [4.78, 5) is 14.3. The maximum absolute atomic E-state index is 12.1. The molecule has 3 heteroatoms. The van der Waals surface area contributed by atoms with Crippen molar-refractivity contribution in [2.75, 3.05) is 20.6 Å². The van der Waals surface area contributed by atoms with E-state index >= 15 is 0 Å². The van der Waals surface area contributed by atoms with Crippen LogP contribution in [0.2, 0.25) is 0 Å². The average molecular weight is 262 g/mol. The van der Waals surface area contributed by atoms with Crippen molar-refractivity contribution in [2.24, 2.45) is 11.7 Å². The Morgan fingerprint density at radius 3 is 2.26 bits per heavy atom. The van der Waals surface area contributed by atoms with Gasteiger partial charge in [-0.3, -0.25) is 4.79 Å². The van der Waals surface area contributed by atoms with Crippen molar-refractivity contribution >= 4 is 5.91 Å². The third-order valence-corrected chi connectivity index (χ3v) is 3.89. The van der Waals surface area contributed by atoms with Gasteiger partial charge in [-0.1, -0.05) is 44.2 Å². The van der Waals surface area contributed by atoms with Gasteiger partial charge in [0.05, 0.1) is 5.41 Å². The summed E-state index contributed by atoms with van der Waals surface area (Å²) >= 11 is 0. The number of hydrogen-bond donors (Lipinski definition) is 1. The molecule has 0 aromatic heterocycles. The third-order valence-electron chi connectivity index (χ3n) is 3.89. The molecule has 1 unspecified atom stereocenters. The van der Waals surface area contributed by atoms with Crippen molar-refractivity contribution in [3.05, 3.63) is 35.9 Å². The van der Waals surface area contributed by atoms with Crippen LogP contribution in [0.15, 0.2) is 30.3 Å². The molecule has 106 valence electrons. The van der Waals surface area contributed by atoms with Crippen LogP contribution >= 0.6 is 0 Å². The number of nitrogens with zero attached hydrogens (tertiary/aromatic N) is 1. The molecule has 0 bridgehead atoms. The Morgan fingerprint density at radius 2 is 1.84 bits per heavy atom. The van der Waals surface area contributed by atoms with Gasteiger partial charge >= 0.3 is 0 Å².